The fourth-order valence-electron chi connectivity index (χ4n) is 3.76. The zero-order valence-corrected chi connectivity index (χ0v) is 16.4. The zero-order chi connectivity index (χ0) is 20.5. The van der Waals surface area contributed by atoms with E-state index in [2.05, 4.69) is 15.0 Å². The minimum Gasteiger partial charge on any atom is -0.337 e. The molecule has 150 valence electrons. The number of hydrogen-bond donors (Lipinski definition) is 0. The number of benzene rings is 1. The Morgan fingerprint density at radius 1 is 1.17 bits per heavy atom. The summed E-state index contributed by atoms with van der Waals surface area (Å²) < 4.78 is 15.1. The molecular formula is C21H22FN5O2. The van der Waals surface area contributed by atoms with Crippen LogP contribution in [0.3, 0.4) is 0 Å². The van der Waals surface area contributed by atoms with Crippen LogP contribution in [-0.4, -0.2) is 43.4 Å². The number of piperidine rings is 1. The molecular weight excluding hydrogens is 373 g/mol. The summed E-state index contributed by atoms with van der Waals surface area (Å²) in [4.78, 5) is 39.9. The highest BCUT2D eigenvalue weighted by Gasteiger charge is 2.25. The van der Waals surface area contributed by atoms with Crippen LogP contribution in [0.25, 0.3) is 10.9 Å². The molecule has 1 amide bonds. The van der Waals surface area contributed by atoms with Gasteiger partial charge in [-0.15, -0.1) is 0 Å². The average molecular weight is 395 g/mol. The summed E-state index contributed by atoms with van der Waals surface area (Å²) in [5.41, 5.74) is 1.35. The lowest BCUT2D eigenvalue weighted by atomic mass is 9.96. The first-order valence-electron chi connectivity index (χ1n) is 9.67. The standard InChI is InChI=1S/C21H22FN5O2/c1-13-10-24-19(11-23-13)21(29)26-7-5-15(6-8-26)12-27-14(2)25-18-9-16(22)3-4-17(18)20(27)28/h3-4,9-11,15H,5-8,12H2,1-2H3. The molecule has 0 bridgehead atoms. The molecule has 1 aliphatic heterocycles. The molecule has 3 aromatic rings. The molecule has 0 saturated carbocycles. The average Bonchev–Trinajstić information content (AvgIpc) is 2.71. The monoisotopic (exact) mass is 395 g/mol. The fourth-order valence-corrected chi connectivity index (χ4v) is 3.76. The predicted molar refractivity (Wildman–Crippen MR) is 106 cm³/mol. The number of fused-ring (bicyclic) bond motifs is 1. The largest absolute Gasteiger partial charge is 0.337 e. The predicted octanol–water partition coefficient (Wildman–Crippen LogP) is 2.49. The van der Waals surface area contributed by atoms with Crippen molar-refractivity contribution in [2.45, 2.75) is 33.2 Å². The highest BCUT2D eigenvalue weighted by molar-refractivity contribution is 5.92. The molecule has 4 rings (SSSR count). The van der Waals surface area contributed by atoms with Gasteiger partial charge in [-0.1, -0.05) is 0 Å². The van der Waals surface area contributed by atoms with Gasteiger partial charge in [-0.25, -0.2) is 14.4 Å². The van der Waals surface area contributed by atoms with Crippen LogP contribution in [0, 0.1) is 25.6 Å². The summed E-state index contributed by atoms with van der Waals surface area (Å²) in [6, 6.07) is 4.05. The molecule has 8 heteroatoms. The molecule has 2 aromatic heterocycles. The summed E-state index contributed by atoms with van der Waals surface area (Å²) in [6.07, 6.45) is 4.68. The number of amides is 1. The van der Waals surface area contributed by atoms with Crippen LogP contribution in [-0.2, 0) is 6.54 Å². The number of likely N-dealkylation sites (tertiary alicyclic amines) is 1. The van der Waals surface area contributed by atoms with E-state index in [1.165, 1.54) is 24.4 Å². The van der Waals surface area contributed by atoms with Crippen molar-refractivity contribution in [1.29, 1.82) is 0 Å². The van der Waals surface area contributed by atoms with Gasteiger partial charge in [0.2, 0.25) is 0 Å². The Morgan fingerprint density at radius 3 is 2.62 bits per heavy atom. The zero-order valence-electron chi connectivity index (χ0n) is 16.4. The Hall–Kier alpha value is -3.16. The topological polar surface area (TPSA) is 81.0 Å². The van der Waals surface area contributed by atoms with Crippen molar-refractivity contribution in [2.24, 2.45) is 5.92 Å². The van der Waals surface area contributed by atoms with Crippen molar-refractivity contribution < 1.29 is 9.18 Å². The molecule has 1 saturated heterocycles. The minimum atomic E-state index is -0.406. The van der Waals surface area contributed by atoms with Crippen LogP contribution in [0.1, 0.15) is 34.8 Å². The smallest absolute Gasteiger partial charge is 0.274 e. The van der Waals surface area contributed by atoms with E-state index in [1.54, 1.807) is 22.6 Å². The second-order valence-electron chi connectivity index (χ2n) is 7.51. The highest BCUT2D eigenvalue weighted by Crippen LogP contribution is 2.21. The molecule has 0 spiro atoms. The first-order chi connectivity index (χ1) is 13.9. The van der Waals surface area contributed by atoms with Crippen LogP contribution in [0.5, 0.6) is 0 Å². The Morgan fingerprint density at radius 2 is 1.93 bits per heavy atom. The van der Waals surface area contributed by atoms with Gasteiger partial charge in [0.15, 0.2) is 0 Å². The van der Waals surface area contributed by atoms with Gasteiger partial charge in [-0.05, 0) is 44.7 Å². The van der Waals surface area contributed by atoms with E-state index in [-0.39, 0.29) is 17.4 Å². The molecule has 1 fully saturated rings. The number of carbonyl (C=O) groups excluding carboxylic acids is 1. The van der Waals surface area contributed by atoms with Gasteiger partial charge in [0.25, 0.3) is 11.5 Å². The SMILES string of the molecule is Cc1cnc(C(=O)N2CCC(Cn3c(C)nc4cc(F)ccc4c3=O)CC2)cn1. The molecule has 1 aromatic carbocycles. The van der Waals surface area contributed by atoms with Gasteiger partial charge in [0.05, 0.1) is 22.8 Å². The molecule has 3 heterocycles. The second-order valence-corrected chi connectivity index (χ2v) is 7.51. The summed E-state index contributed by atoms with van der Waals surface area (Å²) in [5, 5.41) is 0.419. The lowest BCUT2D eigenvalue weighted by Crippen LogP contribution is -2.40. The maximum atomic E-state index is 13.4. The number of nitrogens with zero attached hydrogens (tertiary/aromatic N) is 5. The van der Waals surface area contributed by atoms with Crippen LogP contribution in [0.15, 0.2) is 35.4 Å². The van der Waals surface area contributed by atoms with Crippen LogP contribution < -0.4 is 5.56 Å². The fraction of sp³-hybridized carbons (Fsp3) is 0.381. The van der Waals surface area contributed by atoms with E-state index in [0.29, 0.717) is 42.1 Å². The molecule has 0 unspecified atom stereocenters. The summed E-state index contributed by atoms with van der Waals surface area (Å²) >= 11 is 0. The number of rotatable bonds is 3. The molecule has 1 aliphatic rings. The van der Waals surface area contributed by atoms with Crippen molar-refractivity contribution in [2.75, 3.05) is 13.1 Å². The Labute approximate surface area is 167 Å². The third kappa shape index (κ3) is 3.87. The molecule has 0 atom stereocenters. The van der Waals surface area contributed by atoms with Gasteiger partial charge < -0.3 is 4.90 Å². The molecule has 0 radical (unpaired) electrons. The quantitative estimate of drug-likeness (QED) is 0.681. The molecule has 0 N–H and O–H groups in total. The minimum absolute atomic E-state index is 0.112. The number of carbonyl (C=O) groups is 1. The van der Waals surface area contributed by atoms with E-state index in [1.807, 2.05) is 6.92 Å². The lowest BCUT2D eigenvalue weighted by Gasteiger charge is -2.32. The van der Waals surface area contributed by atoms with Crippen molar-refractivity contribution in [3.63, 3.8) is 0 Å². The van der Waals surface area contributed by atoms with Crippen LogP contribution in [0.2, 0.25) is 0 Å². The number of hydrogen-bond acceptors (Lipinski definition) is 5. The first kappa shape index (κ1) is 19.2. The van der Waals surface area contributed by atoms with E-state index in [0.717, 1.165) is 18.5 Å². The third-order valence-corrected chi connectivity index (χ3v) is 5.45. The summed E-state index contributed by atoms with van der Waals surface area (Å²) in [6.45, 7) is 5.35. The third-order valence-electron chi connectivity index (χ3n) is 5.45. The van der Waals surface area contributed by atoms with Gasteiger partial charge in [-0.2, -0.15) is 0 Å². The van der Waals surface area contributed by atoms with E-state index >= 15 is 0 Å². The molecule has 7 nitrogen and oxygen atoms in total. The number of aromatic nitrogens is 4. The highest BCUT2D eigenvalue weighted by atomic mass is 19.1. The number of aryl methyl sites for hydroxylation is 2. The van der Waals surface area contributed by atoms with Gasteiger partial charge in [0.1, 0.15) is 17.3 Å². The number of halogens is 1. The van der Waals surface area contributed by atoms with Gasteiger partial charge >= 0.3 is 0 Å². The van der Waals surface area contributed by atoms with Crippen LogP contribution in [0.4, 0.5) is 4.39 Å². The maximum Gasteiger partial charge on any atom is 0.274 e. The first-order valence-corrected chi connectivity index (χ1v) is 9.67. The van der Waals surface area contributed by atoms with Crippen LogP contribution >= 0.6 is 0 Å². The van der Waals surface area contributed by atoms with Crippen molar-refractivity contribution >= 4 is 16.8 Å². The normalized spacial score (nSPS) is 15.1. The van der Waals surface area contributed by atoms with E-state index < -0.39 is 5.82 Å². The summed E-state index contributed by atoms with van der Waals surface area (Å²) in [7, 11) is 0. The Kier molecular flexibility index (Phi) is 5.08. The van der Waals surface area contributed by atoms with Crippen molar-refractivity contribution in [3.8, 4) is 0 Å². The van der Waals surface area contributed by atoms with Crippen molar-refractivity contribution in [3.05, 3.63) is 64.0 Å². The Balaban J connectivity index is 1.46. The Bertz CT molecular complexity index is 1120. The van der Waals surface area contributed by atoms with E-state index in [4.69, 9.17) is 0 Å². The molecule has 29 heavy (non-hydrogen) atoms. The molecule has 0 aliphatic carbocycles. The van der Waals surface area contributed by atoms with Gasteiger partial charge in [0, 0.05) is 31.9 Å². The second kappa shape index (κ2) is 7.69. The van der Waals surface area contributed by atoms with Gasteiger partial charge in [-0.3, -0.25) is 19.1 Å². The maximum absolute atomic E-state index is 13.4. The van der Waals surface area contributed by atoms with E-state index in [9.17, 15) is 14.0 Å². The lowest BCUT2D eigenvalue weighted by molar-refractivity contribution is 0.0675. The summed E-state index contributed by atoms with van der Waals surface area (Å²) in [5.74, 6) is 0.316. The van der Waals surface area contributed by atoms with Crippen molar-refractivity contribution in [1.82, 2.24) is 24.4 Å².